The third-order valence-corrected chi connectivity index (χ3v) is 3.26. The Morgan fingerprint density at radius 3 is 2.55 bits per heavy atom. The molecule has 0 fully saturated rings. The van der Waals surface area contributed by atoms with E-state index in [-0.39, 0.29) is 18.8 Å². The summed E-state index contributed by atoms with van der Waals surface area (Å²) in [6, 6.07) is 7.40. The number of rotatable bonds is 9. The Morgan fingerprint density at radius 2 is 1.86 bits per heavy atom. The molecule has 0 saturated carbocycles. The van der Waals surface area contributed by atoms with Crippen LogP contribution in [-0.2, 0) is 20.7 Å². The van der Waals surface area contributed by atoms with Gasteiger partial charge in [0.25, 0.3) is 0 Å². The van der Waals surface area contributed by atoms with Crippen molar-refractivity contribution >= 4 is 11.9 Å². The van der Waals surface area contributed by atoms with E-state index in [0.29, 0.717) is 18.3 Å². The summed E-state index contributed by atoms with van der Waals surface area (Å²) in [5, 5.41) is 0. The summed E-state index contributed by atoms with van der Waals surface area (Å²) in [7, 11) is 0. The highest BCUT2D eigenvalue weighted by molar-refractivity contribution is 5.79. The Labute approximate surface area is 132 Å². The Kier molecular flexibility index (Phi) is 8.26. The molecule has 22 heavy (non-hydrogen) atoms. The lowest BCUT2D eigenvalue weighted by Crippen LogP contribution is -2.13. The minimum Gasteiger partial charge on any atom is -0.466 e. The third-order valence-electron chi connectivity index (χ3n) is 3.26. The predicted molar refractivity (Wildman–Crippen MR) is 85.7 cm³/mol. The van der Waals surface area contributed by atoms with E-state index in [1.54, 1.807) is 6.07 Å². The zero-order valence-corrected chi connectivity index (χ0v) is 13.8. The van der Waals surface area contributed by atoms with E-state index in [1.165, 1.54) is 0 Å². The van der Waals surface area contributed by atoms with Crippen LogP contribution in [0.3, 0.4) is 0 Å². The monoisotopic (exact) mass is 306 g/mol. The molecule has 1 aromatic rings. The van der Waals surface area contributed by atoms with Crippen LogP contribution in [-0.4, -0.2) is 18.5 Å². The van der Waals surface area contributed by atoms with Gasteiger partial charge in [-0.15, -0.1) is 0 Å². The lowest BCUT2D eigenvalue weighted by Gasteiger charge is -2.07. The highest BCUT2D eigenvalue weighted by Crippen LogP contribution is 2.14. The van der Waals surface area contributed by atoms with E-state index in [4.69, 9.17) is 9.47 Å². The molecule has 0 saturated heterocycles. The molecule has 0 atom stereocenters. The van der Waals surface area contributed by atoms with Crippen LogP contribution in [0.15, 0.2) is 24.3 Å². The molecule has 0 amide bonds. The van der Waals surface area contributed by atoms with Crippen LogP contribution in [0.4, 0.5) is 0 Å². The highest BCUT2D eigenvalue weighted by Gasteiger charge is 2.10. The SMILES string of the molecule is CCc1cccc(OC(=O)CCC(=O)OCCCC(C)C)c1. The summed E-state index contributed by atoms with van der Waals surface area (Å²) in [5.74, 6) is 0.373. The van der Waals surface area contributed by atoms with Crippen molar-refractivity contribution in [3.8, 4) is 5.75 Å². The predicted octanol–water partition coefficient (Wildman–Crippen LogP) is 3.91. The first-order valence-electron chi connectivity index (χ1n) is 7.96. The molecular weight excluding hydrogens is 280 g/mol. The fourth-order valence-corrected chi connectivity index (χ4v) is 1.97. The number of carbonyl (C=O) groups is 2. The first-order valence-corrected chi connectivity index (χ1v) is 7.96. The molecule has 0 N–H and O–H groups in total. The van der Waals surface area contributed by atoms with Gasteiger partial charge in [0.15, 0.2) is 0 Å². The van der Waals surface area contributed by atoms with Crippen molar-refractivity contribution in [1.82, 2.24) is 0 Å². The van der Waals surface area contributed by atoms with Crippen LogP contribution in [0.1, 0.15) is 52.0 Å². The minimum atomic E-state index is -0.410. The standard InChI is InChI=1S/C18H26O4/c1-4-15-8-5-9-16(13-15)22-18(20)11-10-17(19)21-12-6-7-14(2)3/h5,8-9,13-14H,4,6-7,10-12H2,1-3H3. The average Bonchev–Trinajstić information content (AvgIpc) is 2.49. The first-order chi connectivity index (χ1) is 10.5. The fraction of sp³-hybridized carbons (Fsp3) is 0.556. The molecule has 0 aliphatic carbocycles. The fourth-order valence-electron chi connectivity index (χ4n) is 1.97. The van der Waals surface area contributed by atoms with Crippen molar-refractivity contribution in [2.75, 3.05) is 6.61 Å². The van der Waals surface area contributed by atoms with Crippen molar-refractivity contribution in [3.63, 3.8) is 0 Å². The number of hydrogen-bond acceptors (Lipinski definition) is 4. The molecule has 0 spiro atoms. The van der Waals surface area contributed by atoms with Gasteiger partial charge < -0.3 is 9.47 Å². The lowest BCUT2D eigenvalue weighted by molar-refractivity contribution is -0.147. The van der Waals surface area contributed by atoms with Gasteiger partial charge in [0.2, 0.25) is 0 Å². The van der Waals surface area contributed by atoms with E-state index in [0.717, 1.165) is 24.8 Å². The molecule has 0 aliphatic rings. The highest BCUT2D eigenvalue weighted by atomic mass is 16.5. The number of hydrogen-bond donors (Lipinski definition) is 0. The van der Waals surface area contributed by atoms with Gasteiger partial charge in [-0.3, -0.25) is 9.59 Å². The van der Waals surface area contributed by atoms with Crippen LogP contribution >= 0.6 is 0 Å². The van der Waals surface area contributed by atoms with E-state index in [1.807, 2.05) is 25.1 Å². The maximum atomic E-state index is 11.7. The molecule has 1 rings (SSSR count). The topological polar surface area (TPSA) is 52.6 Å². The van der Waals surface area contributed by atoms with Crippen molar-refractivity contribution in [2.24, 2.45) is 5.92 Å². The van der Waals surface area contributed by atoms with Crippen LogP contribution in [0.2, 0.25) is 0 Å². The Hall–Kier alpha value is -1.84. The van der Waals surface area contributed by atoms with Crippen molar-refractivity contribution in [3.05, 3.63) is 29.8 Å². The van der Waals surface area contributed by atoms with Crippen molar-refractivity contribution in [2.45, 2.75) is 52.9 Å². The van der Waals surface area contributed by atoms with Crippen molar-refractivity contribution < 1.29 is 19.1 Å². The van der Waals surface area contributed by atoms with Crippen LogP contribution in [0, 0.1) is 5.92 Å². The smallest absolute Gasteiger partial charge is 0.311 e. The maximum absolute atomic E-state index is 11.7. The second-order valence-corrected chi connectivity index (χ2v) is 5.73. The van der Waals surface area contributed by atoms with E-state index in [9.17, 15) is 9.59 Å². The van der Waals surface area contributed by atoms with Gasteiger partial charge in [-0.25, -0.2) is 0 Å². The van der Waals surface area contributed by atoms with Crippen molar-refractivity contribution in [1.29, 1.82) is 0 Å². The zero-order chi connectivity index (χ0) is 16.4. The van der Waals surface area contributed by atoms with Crippen LogP contribution in [0.25, 0.3) is 0 Å². The summed E-state index contributed by atoms with van der Waals surface area (Å²) in [6.45, 7) is 6.72. The molecule has 1 aromatic carbocycles. The van der Waals surface area contributed by atoms with Gasteiger partial charge in [-0.2, -0.15) is 0 Å². The third kappa shape index (κ3) is 7.81. The van der Waals surface area contributed by atoms with Gasteiger partial charge in [0.1, 0.15) is 5.75 Å². The second kappa shape index (κ2) is 9.98. The summed E-state index contributed by atoms with van der Waals surface area (Å²) >= 11 is 0. The van der Waals surface area contributed by atoms with Crippen LogP contribution < -0.4 is 4.74 Å². The summed E-state index contributed by atoms with van der Waals surface area (Å²) < 4.78 is 10.3. The Morgan fingerprint density at radius 1 is 1.14 bits per heavy atom. The summed E-state index contributed by atoms with van der Waals surface area (Å²) in [6.07, 6.45) is 2.88. The number of carbonyl (C=O) groups excluding carboxylic acids is 2. The maximum Gasteiger partial charge on any atom is 0.311 e. The molecule has 0 aliphatic heterocycles. The Balaban J connectivity index is 2.23. The number of ether oxygens (including phenoxy) is 2. The van der Waals surface area contributed by atoms with Gasteiger partial charge in [-0.05, 0) is 42.9 Å². The quantitative estimate of drug-likeness (QED) is 0.394. The van der Waals surface area contributed by atoms with E-state index < -0.39 is 5.97 Å². The molecule has 4 heteroatoms. The normalized spacial score (nSPS) is 10.5. The Bertz CT molecular complexity index is 480. The minimum absolute atomic E-state index is 0.0410. The molecule has 4 nitrogen and oxygen atoms in total. The molecule has 0 unspecified atom stereocenters. The number of esters is 2. The van der Waals surface area contributed by atoms with Gasteiger partial charge in [0.05, 0.1) is 19.4 Å². The molecule has 0 heterocycles. The summed E-state index contributed by atoms with van der Waals surface area (Å²) in [5.41, 5.74) is 1.11. The largest absolute Gasteiger partial charge is 0.466 e. The van der Waals surface area contributed by atoms with E-state index >= 15 is 0 Å². The molecule has 0 radical (unpaired) electrons. The molecule has 122 valence electrons. The number of aryl methyl sites for hydroxylation is 1. The van der Waals surface area contributed by atoms with E-state index in [2.05, 4.69) is 13.8 Å². The number of benzene rings is 1. The first kappa shape index (κ1) is 18.2. The van der Waals surface area contributed by atoms with Gasteiger partial charge in [0, 0.05) is 0 Å². The zero-order valence-electron chi connectivity index (χ0n) is 13.8. The average molecular weight is 306 g/mol. The molecule has 0 bridgehead atoms. The molecular formula is C18H26O4. The summed E-state index contributed by atoms with van der Waals surface area (Å²) in [4.78, 5) is 23.2. The van der Waals surface area contributed by atoms with Gasteiger partial charge >= 0.3 is 11.9 Å². The van der Waals surface area contributed by atoms with Gasteiger partial charge in [-0.1, -0.05) is 32.9 Å². The lowest BCUT2D eigenvalue weighted by atomic mass is 10.1. The molecule has 0 aromatic heterocycles. The second-order valence-electron chi connectivity index (χ2n) is 5.73. The van der Waals surface area contributed by atoms with Crippen LogP contribution in [0.5, 0.6) is 5.75 Å².